The van der Waals surface area contributed by atoms with Crippen molar-refractivity contribution in [2.24, 2.45) is 5.92 Å². The summed E-state index contributed by atoms with van der Waals surface area (Å²) in [5.41, 5.74) is 4.19. The van der Waals surface area contributed by atoms with Crippen molar-refractivity contribution >= 4 is 11.1 Å². The summed E-state index contributed by atoms with van der Waals surface area (Å²) in [6.45, 7) is 3.50. The highest BCUT2D eigenvalue weighted by atomic mass is 16.4. The largest absolute Gasteiger partial charge is 0.417 e. The lowest BCUT2D eigenvalue weighted by molar-refractivity contribution is 0.162. The molecule has 2 aromatic carbocycles. The Labute approximate surface area is 166 Å². The van der Waals surface area contributed by atoms with E-state index in [4.69, 9.17) is 4.42 Å². The molecule has 28 heavy (non-hydrogen) atoms. The average molecular weight is 379 g/mol. The van der Waals surface area contributed by atoms with Crippen LogP contribution in [0.25, 0.3) is 11.1 Å². The van der Waals surface area contributed by atoms with Gasteiger partial charge in [-0.2, -0.15) is 0 Å². The first kappa shape index (κ1) is 19.0. The lowest BCUT2D eigenvalue weighted by atomic mass is 9.81. The zero-order chi connectivity index (χ0) is 19.5. The smallest absolute Gasteiger partial charge is 0.408 e. The third-order valence-electron chi connectivity index (χ3n) is 6.26. The van der Waals surface area contributed by atoms with Crippen LogP contribution in [0.3, 0.4) is 0 Å². The minimum absolute atomic E-state index is 0.373. The standard InChI is InChI=1S/C24H30N2O2/c1-17(14-18-6-4-3-5-7-18)16-26(2)21-11-8-19(9-12-21)20-10-13-22-23(15-20)28-24(27)25-22/h3-7,10,13,15,17,19,21H,8-9,11-12,14,16H2,1-2H3,(H,25,27). The van der Waals surface area contributed by atoms with E-state index in [9.17, 15) is 4.79 Å². The Hall–Kier alpha value is -2.33. The number of oxazole rings is 1. The monoisotopic (exact) mass is 378 g/mol. The van der Waals surface area contributed by atoms with Crippen LogP contribution in [0.1, 0.15) is 49.7 Å². The van der Waals surface area contributed by atoms with Gasteiger partial charge in [-0.25, -0.2) is 4.79 Å². The Morgan fingerprint density at radius 2 is 1.86 bits per heavy atom. The number of aromatic amines is 1. The van der Waals surface area contributed by atoms with Crippen LogP contribution in [0.5, 0.6) is 0 Å². The topological polar surface area (TPSA) is 49.2 Å². The fraction of sp³-hybridized carbons (Fsp3) is 0.458. The molecule has 0 saturated heterocycles. The predicted octanol–water partition coefficient (Wildman–Crippen LogP) is 4.96. The zero-order valence-corrected chi connectivity index (χ0v) is 16.9. The van der Waals surface area contributed by atoms with E-state index in [-0.39, 0.29) is 5.76 Å². The Bertz CT molecular complexity index is 951. The van der Waals surface area contributed by atoms with Gasteiger partial charge in [-0.05, 0) is 74.2 Å². The fourth-order valence-corrected chi connectivity index (χ4v) is 4.79. The lowest BCUT2D eigenvalue weighted by Crippen LogP contribution is -2.37. The van der Waals surface area contributed by atoms with Crippen molar-refractivity contribution < 1.29 is 4.42 Å². The Kier molecular flexibility index (Phi) is 5.67. The molecule has 0 aliphatic heterocycles. The molecule has 1 unspecified atom stereocenters. The van der Waals surface area contributed by atoms with E-state index in [0.29, 0.717) is 23.5 Å². The molecule has 1 heterocycles. The molecule has 1 aromatic heterocycles. The van der Waals surface area contributed by atoms with Crippen molar-refractivity contribution in [1.29, 1.82) is 0 Å². The summed E-state index contributed by atoms with van der Waals surface area (Å²) >= 11 is 0. The SMILES string of the molecule is CC(Cc1ccccc1)CN(C)C1CCC(c2ccc3[nH]c(=O)oc3c2)CC1. The molecule has 1 fully saturated rings. The van der Waals surface area contributed by atoms with Gasteiger partial charge in [-0.15, -0.1) is 0 Å². The van der Waals surface area contributed by atoms with E-state index in [0.717, 1.165) is 18.5 Å². The summed E-state index contributed by atoms with van der Waals surface area (Å²) in [7, 11) is 2.28. The van der Waals surface area contributed by atoms with E-state index < -0.39 is 0 Å². The molecule has 1 aliphatic carbocycles. The molecular weight excluding hydrogens is 348 g/mol. The van der Waals surface area contributed by atoms with Gasteiger partial charge < -0.3 is 9.32 Å². The predicted molar refractivity (Wildman–Crippen MR) is 114 cm³/mol. The average Bonchev–Trinajstić information content (AvgIpc) is 3.08. The van der Waals surface area contributed by atoms with Crippen LogP contribution in [0.15, 0.2) is 57.7 Å². The van der Waals surface area contributed by atoms with E-state index in [1.165, 1.54) is 36.8 Å². The van der Waals surface area contributed by atoms with E-state index in [1.54, 1.807) is 0 Å². The number of nitrogens with zero attached hydrogens (tertiary/aromatic N) is 1. The molecule has 0 amide bonds. The summed E-state index contributed by atoms with van der Waals surface area (Å²) in [6.07, 6.45) is 6.00. The second-order valence-electron chi connectivity index (χ2n) is 8.51. The fourth-order valence-electron chi connectivity index (χ4n) is 4.79. The molecule has 0 radical (unpaired) electrons. The Balaban J connectivity index is 1.30. The highest BCUT2D eigenvalue weighted by Crippen LogP contribution is 2.35. The first-order valence-electron chi connectivity index (χ1n) is 10.5. The zero-order valence-electron chi connectivity index (χ0n) is 16.9. The Morgan fingerprint density at radius 3 is 2.61 bits per heavy atom. The van der Waals surface area contributed by atoms with Crippen molar-refractivity contribution in [3.63, 3.8) is 0 Å². The third-order valence-corrected chi connectivity index (χ3v) is 6.26. The van der Waals surface area contributed by atoms with Crippen LogP contribution in [0.2, 0.25) is 0 Å². The molecule has 148 valence electrons. The first-order chi connectivity index (χ1) is 13.6. The number of H-pyrrole nitrogens is 1. The van der Waals surface area contributed by atoms with Gasteiger partial charge in [0.25, 0.3) is 0 Å². The number of fused-ring (bicyclic) bond motifs is 1. The molecule has 3 aromatic rings. The Morgan fingerprint density at radius 1 is 1.11 bits per heavy atom. The van der Waals surface area contributed by atoms with Crippen molar-refractivity contribution in [2.45, 2.75) is 51.0 Å². The molecule has 0 spiro atoms. The molecule has 4 rings (SSSR count). The van der Waals surface area contributed by atoms with Crippen LogP contribution >= 0.6 is 0 Å². The molecular formula is C24H30N2O2. The van der Waals surface area contributed by atoms with Crippen LogP contribution in [0, 0.1) is 5.92 Å². The van der Waals surface area contributed by atoms with Crippen molar-refractivity contribution in [1.82, 2.24) is 9.88 Å². The second-order valence-corrected chi connectivity index (χ2v) is 8.51. The molecule has 1 saturated carbocycles. The summed E-state index contributed by atoms with van der Waals surface area (Å²) in [5.74, 6) is 0.849. The summed E-state index contributed by atoms with van der Waals surface area (Å²) in [6, 6.07) is 17.6. The maximum atomic E-state index is 11.4. The minimum Gasteiger partial charge on any atom is -0.408 e. The number of aromatic nitrogens is 1. The number of nitrogens with one attached hydrogen (secondary N) is 1. The van der Waals surface area contributed by atoms with Crippen LogP contribution in [0.4, 0.5) is 0 Å². The van der Waals surface area contributed by atoms with Crippen molar-refractivity contribution in [2.75, 3.05) is 13.6 Å². The van der Waals surface area contributed by atoms with Crippen LogP contribution in [-0.2, 0) is 6.42 Å². The summed E-state index contributed by atoms with van der Waals surface area (Å²) in [4.78, 5) is 16.7. The lowest BCUT2D eigenvalue weighted by Gasteiger charge is -2.36. The van der Waals surface area contributed by atoms with Crippen LogP contribution in [-0.4, -0.2) is 29.5 Å². The van der Waals surface area contributed by atoms with E-state index in [1.807, 2.05) is 12.1 Å². The van der Waals surface area contributed by atoms with Crippen molar-refractivity contribution in [3.8, 4) is 0 Å². The van der Waals surface area contributed by atoms with Gasteiger partial charge in [0.1, 0.15) is 0 Å². The second kappa shape index (κ2) is 8.36. The number of rotatable bonds is 6. The highest BCUT2D eigenvalue weighted by Gasteiger charge is 2.26. The number of hydrogen-bond acceptors (Lipinski definition) is 3. The van der Waals surface area contributed by atoms with Gasteiger partial charge in [-0.3, -0.25) is 4.98 Å². The van der Waals surface area contributed by atoms with E-state index in [2.05, 4.69) is 60.3 Å². The van der Waals surface area contributed by atoms with Gasteiger partial charge in [0.05, 0.1) is 5.52 Å². The van der Waals surface area contributed by atoms with Gasteiger partial charge in [0.15, 0.2) is 5.58 Å². The van der Waals surface area contributed by atoms with Gasteiger partial charge >= 0.3 is 5.76 Å². The third kappa shape index (κ3) is 4.39. The van der Waals surface area contributed by atoms with Gasteiger partial charge in [-0.1, -0.05) is 43.3 Å². The molecule has 1 N–H and O–H groups in total. The molecule has 0 bridgehead atoms. The van der Waals surface area contributed by atoms with Gasteiger partial charge in [0.2, 0.25) is 0 Å². The molecule has 1 aliphatic rings. The number of hydrogen-bond donors (Lipinski definition) is 1. The van der Waals surface area contributed by atoms with E-state index >= 15 is 0 Å². The summed E-state index contributed by atoms with van der Waals surface area (Å²) in [5, 5.41) is 0. The molecule has 4 nitrogen and oxygen atoms in total. The normalized spacial score (nSPS) is 21.2. The van der Waals surface area contributed by atoms with Gasteiger partial charge in [0, 0.05) is 12.6 Å². The first-order valence-corrected chi connectivity index (χ1v) is 10.5. The minimum atomic E-state index is -0.373. The van der Waals surface area contributed by atoms with Crippen molar-refractivity contribution in [3.05, 3.63) is 70.2 Å². The molecule has 1 atom stereocenters. The molecule has 4 heteroatoms. The maximum Gasteiger partial charge on any atom is 0.417 e. The number of benzene rings is 2. The highest BCUT2D eigenvalue weighted by molar-refractivity contribution is 5.72. The maximum absolute atomic E-state index is 11.4. The quantitative estimate of drug-likeness (QED) is 0.660. The summed E-state index contributed by atoms with van der Waals surface area (Å²) < 4.78 is 5.23. The van der Waals surface area contributed by atoms with Crippen LogP contribution < -0.4 is 5.76 Å².